The molecular formula is C14H16ClN. The number of fused-ring (bicyclic) bond motifs is 1. The van der Waals surface area contributed by atoms with Gasteiger partial charge in [-0.1, -0.05) is 55.8 Å². The van der Waals surface area contributed by atoms with E-state index in [9.17, 15) is 0 Å². The summed E-state index contributed by atoms with van der Waals surface area (Å²) in [4.78, 5) is 0. The topological polar surface area (TPSA) is 26.0 Å². The fourth-order valence-corrected chi connectivity index (χ4v) is 2.18. The number of benzene rings is 2. The smallest absolute Gasteiger partial charge is 0.0484 e. The van der Waals surface area contributed by atoms with Gasteiger partial charge in [-0.2, -0.15) is 0 Å². The van der Waals surface area contributed by atoms with Crippen LogP contribution in [0.25, 0.3) is 10.8 Å². The van der Waals surface area contributed by atoms with E-state index in [4.69, 9.17) is 17.3 Å². The maximum Gasteiger partial charge on any atom is 0.0484 e. The second-order valence-corrected chi connectivity index (χ2v) is 4.86. The average molecular weight is 234 g/mol. The highest BCUT2D eigenvalue weighted by Gasteiger charge is 2.13. The molecule has 1 nitrogen and oxygen atoms in total. The van der Waals surface area contributed by atoms with Crippen molar-refractivity contribution in [3.8, 4) is 0 Å². The summed E-state index contributed by atoms with van der Waals surface area (Å²) < 4.78 is 0. The van der Waals surface area contributed by atoms with Gasteiger partial charge >= 0.3 is 0 Å². The molecule has 0 amide bonds. The molecule has 2 rings (SSSR count). The SMILES string of the molecule is CC(C)C(N)c1cccc2c(Cl)cccc12. The highest BCUT2D eigenvalue weighted by atomic mass is 35.5. The van der Waals surface area contributed by atoms with Gasteiger partial charge in [0.05, 0.1) is 0 Å². The summed E-state index contributed by atoms with van der Waals surface area (Å²) >= 11 is 6.17. The third kappa shape index (κ3) is 1.93. The van der Waals surface area contributed by atoms with Crippen LogP contribution in [0.1, 0.15) is 25.5 Å². The first-order valence-electron chi connectivity index (χ1n) is 5.54. The molecule has 0 bridgehead atoms. The zero-order valence-corrected chi connectivity index (χ0v) is 10.3. The molecule has 1 atom stereocenters. The molecule has 0 aliphatic rings. The molecule has 16 heavy (non-hydrogen) atoms. The van der Waals surface area contributed by atoms with E-state index in [2.05, 4.69) is 26.0 Å². The van der Waals surface area contributed by atoms with Crippen molar-refractivity contribution in [2.75, 3.05) is 0 Å². The zero-order chi connectivity index (χ0) is 11.7. The number of hydrogen-bond donors (Lipinski definition) is 1. The molecule has 2 N–H and O–H groups in total. The number of rotatable bonds is 2. The molecule has 0 saturated heterocycles. The minimum atomic E-state index is 0.0576. The molecule has 0 aromatic heterocycles. The molecule has 0 heterocycles. The lowest BCUT2D eigenvalue weighted by atomic mass is 9.92. The van der Waals surface area contributed by atoms with Crippen LogP contribution < -0.4 is 5.73 Å². The Morgan fingerprint density at radius 3 is 2.31 bits per heavy atom. The van der Waals surface area contributed by atoms with Crippen molar-refractivity contribution in [2.24, 2.45) is 11.7 Å². The summed E-state index contributed by atoms with van der Waals surface area (Å²) in [6, 6.07) is 12.2. The van der Waals surface area contributed by atoms with E-state index in [1.807, 2.05) is 24.3 Å². The predicted molar refractivity (Wildman–Crippen MR) is 70.7 cm³/mol. The van der Waals surface area contributed by atoms with Crippen molar-refractivity contribution >= 4 is 22.4 Å². The van der Waals surface area contributed by atoms with E-state index < -0.39 is 0 Å². The van der Waals surface area contributed by atoms with Gasteiger partial charge < -0.3 is 5.73 Å². The number of nitrogens with two attached hydrogens (primary N) is 1. The lowest BCUT2D eigenvalue weighted by Gasteiger charge is -2.18. The maximum atomic E-state index is 6.21. The van der Waals surface area contributed by atoms with E-state index in [1.54, 1.807) is 0 Å². The van der Waals surface area contributed by atoms with Crippen LogP contribution in [0.4, 0.5) is 0 Å². The normalized spacial score (nSPS) is 13.3. The van der Waals surface area contributed by atoms with Crippen molar-refractivity contribution in [1.82, 2.24) is 0 Å². The van der Waals surface area contributed by atoms with Gasteiger partial charge in [0, 0.05) is 16.5 Å². The molecule has 1 unspecified atom stereocenters. The first-order valence-corrected chi connectivity index (χ1v) is 5.92. The average Bonchev–Trinajstić information content (AvgIpc) is 2.28. The minimum absolute atomic E-state index is 0.0576. The Labute approximate surface area is 101 Å². The first-order chi connectivity index (χ1) is 7.61. The Morgan fingerprint density at radius 2 is 1.62 bits per heavy atom. The molecule has 0 saturated carbocycles. The predicted octanol–water partition coefficient (Wildman–Crippen LogP) is 4.15. The zero-order valence-electron chi connectivity index (χ0n) is 9.57. The van der Waals surface area contributed by atoms with Crippen molar-refractivity contribution in [3.05, 3.63) is 47.0 Å². The molecule has 0 aliphatic carbocycles. The number of halogens is 1. The Kier molecular flexibility index (Phi) is 3.17. The van der Waals surface area contributed by atoms with E-state index in [0.29, 0.717) is 5.92 Å². The van der Waals surface area contributed by atoms with Crippen LogP contribution in [0.15, 0.2) is 36.4 Å². The Bertz CT molecular complexity index is 505. The molecule has 84 valence electrons. The van der Waals surface area contributed by atoms with Crippen LogP contribution >= 0.6 is 11.6 Å². The second-order valence-electron chi connectivity index (χ2n) is 4.45. The summed E-state index contributed by atoms with van der Waals surface area (Å²) in [5.74, 6) is 0.421. The van der Waals surface area contributed by atoms with Crippen LogP contribution in [-0.2, 0) is 0 Å². The second kappa shape index (κ2) is 4.44. The van der Waals surface area contributed by atoms with Gasteiger partial charge in [0.2, 0.25) is 0 Å². The summed E-state index contributed by atoms with van der Waals surface area (Å²) in [7, 11) is 0. The van der Waals surface area contributed by atoms with Gasteiger partial charge in [0.15, 0.2) is 0 Å². The van der Waals surface area contributed by atoms with Crippen molar-refractivity contribution in [1.29, 1.82) is 0 Å². The standard InChI is InChI=1S/C14H16ClN/c1-9(2)14(16)12-7-3-6-11-10(12)5-4-8-13(11)15/h3-9,14H,16H2,1-2H3. The number of hydrogen-bond acceptors (Lipinski definition) is 1. The third-order valence-electron chi connectivity index (χ3n) is 2.98. The first kappa shape index (κ1) is 11.4. The van der Waals surface area contributed by atoms with Gasteiger partial charge in [0.25, 0.3) is 0 Å². The highest BCUT2D eigenvalue weighted by molar-refractivity contribution is 6.35. The summed E-state index contributed by atoms with van der Waals surface area (Å²) in [6.45, 7) is 4.27. The third-order valence-corrected chi connectivity index (χ3v) is 3.31. The Hall–Kier alpha value is -1.05. The van der Waals surface area contributed by atoms with E-state index >= 15 is 0 Å². The van der Waals surface area contributed by atoms with Crippen LogP contribution in [-0.4, -0.2) is 0 Å². The van der Waals surface area contributed by atoms with Crippen LogP contribution in [0, 0.1) is 5.92 Å². The van der Waals surface area contributed by atoms with Gasteiger partial charge in [-0.3, -0.25) is 0 Å². The maximum absolute atomic E-state index is 6.21. The van der Waals surface area contributed by atoms with Gasteiger partial charge in [-0.15, -0.1) is 0 Å². The highest BCUT2D eigenvalue weighted by Crippen LogP contribution is 2.30. The van der Waals surface area contributed by atoms with Gasteiger partial charge in [-0.25, -0.2) is 0 Å². The lowest BCUT2D eigenvalue weighted by Crippen LogP contribution is -2.16. The fourth-order valence-electron chi connectivity index (χ4n) is 1.95. The van der Waals surface area contributed by atoms with E-state index in [-0.39, 0.29) is 6.04 Å². The van der Waals surface area contributed by atoms with Crippen molar-refractivity contribution in [3.63, 3.8) is 0 Å². The molecule has 0 aliphatic heterocycles. The van der Waals surface area contributed by atoms with Crippen LogP contribution in [0.3, 0.4) is 0 Å². The van der Waals surface area contributed by atoms with Gasteiger partial charge in [0.1, 0.15) is 0 Å². The molecule has 2 heteroatoms. The largest absolute Gasteiger partial charge is 0.324 e. The lowest BCUT2D eigenvalue weighted by molar-refractivity contribution is 0.517. The van der Waals surface area contributed by atoms with Crippen molar-refractivity contribution in [2.45, 2.75) is 19.9 Å². The molecular weight excluding hydrogens is 218 g/mol. The molecule has 2 aromatic rings. The molecule has 0 spiro atoms. The summed E-state index contributed by atoms with van der Waals surface area (Å²) in [5.41, 5.74) is 7.39. The molecule has 2 aromatic carbocycles. The Morgan fingerprint density at radius 1 is 1.00 bits per heavy atom. The van der Waals surface area contributed by atoms with E-state index in [1.165, 1.54) is 5.56 Å². The molecule has 0 radical (unpaired) electrons. The van der Waals surface area contributed by atoms with Gasteiger partial charge in [-0.05, 0) is 22.9 Å². The van der Waals surface area contributed by atoms with Crippen LogP contribution in [0.2, 0.25) is 5.02 Å². The fraction of sp³-hybridized carbons (Fsp3) is 0.286. The summed E-state index contributed by atoms with van der Waals surface area (Å²) in [6.07, 6.45) is 0. The van der Waals surface area contributed by atoms with E-state index in [0.717, 1.165) is 15.8 Å². The van der Waals surface area contributed by atoms with Crippen molar-refractivity contribution < 1.29 is 0 Å². The quantitative estimate of drug-likeness (QED) is 0.829. The van der Waals surface area contributed by atoms with Crippen LogP contribution in [0.5, 0.6) is 0 Å². The summed E-state index contributed by atoms with van der Waals surface area (Å²) in [5, 5.41) is 3.03. The molecule has 0 fully saturated rings. The minimum Gasteiger partial charge on any atom is -0.324 e. The Balaban J connectivity index is 2.67. The monoisotopic (exact) mass is 233 g/mol.